The van der Waals surface area contributed by atoms with Gasteiger partial charge in [0.1, 0.15) is 5.82 Å². The third-order valence-corrected chi connectivity index (χ3v) is 5.42. The molecular formula is C17H25N5O2. The zero-order chi connectivity index (χ0) is 16.5. The smallest absolute Gasteiger partial charge is 0.324 e. The number of nitrogens with one attached hydrogen (secondary N) is 2. The van der Waals surface area contributed by atoms with E-state index in [2.05, 4.69) is 15.2 Å². The van der Waals surface area contributed by atoms with Crippen LogP contribution < -0.4 is 5.32 Å². The molecule has 3 amide bonds. The van der Waals surface area contributed by atoms with Crippen LogP contribution in [0.5, 0.6) is 0 Å². The lowest BCUT2D eigenvalue weighted by atomic mass is 10.0. The maximum absolute atomic E-state index is 11.6. The van der Waals surface area contributed by atoms with Crippen LogP contribution in [-0.2, 0) is 17.6 Å². The monoisotopic (exact) mass is 331 g/mol. The number of imidazole rings is 1. The van der Waals surface area contributed by atoms with Crippen LogP contribution in [0.4, 0.5) is 4.79 Å². The van der Waals surface area contributed by atoms with Crippen molar-refractivity contribution in [1.82, 2.24) is 25.1 Å². The van der Waals surface area contributed by atoms with Gasteiger partial charge in [-0.05, 0) is 51.5 Å². The number of carbonyl (C=O) groups excluding carboxylic acids is 2. The molecule has 2 saturated heterocycles. The molecule has 24 heavy (non-hydrogen) atoms. The Hall–Kier alpha value is -1.89. The van der Waals surface area contributed by atoms with Gasteiger partial charge in [0.05, 0.1) is 18.3 Å². The van der Waals surface area contributed by atoms with Crippen molar-refractivity contribution in [3.05, 3.63) is 17.2 Å². The molecule has 7 heteroatoms. The molecule has 0 unspecified atom stereocenters. The number of hydrogen-bond acceptors (Lipinski definition) is 4. The summed E-state index contributed by atoms with van der Waals surface area (Å²) in [6.45, 7) is 2.61. The average molecular weight is 331 g/mol. The number of aromatic nitrogens is 2. The van der Waals surface area contributed by atoms with E-state index in [4.69, 9.17) is 4.98 Å². The Kier molecular flexibility index (Phi) is 4.26. The molecule has 1 aliphatic carbocycles. The maximum atomic E-state index is 11.6. The molecule has 1 aromatic rings. The second-order valence-corrected chi connectivity index (χ2v) is 7.01. The number of carbonyl (C=O) groups is 2. The topological polar surface area (TPSA) is 81.3 Å². The van der Waals surface area contributed by atoms with Crippen LogP contribution in [0, 0.1) is 0 Å². The van der Waals surface area contributed by atoms with E-state index in [9.17, 15) is 9.59 Å². The van der Waals surface area contributed by atoms with Gasteiger partial charge in [-0.3, -0.25) is 14.6 Å². The summed E-state index contributed by atoms with van der Waals surface area (Å²) in [5.74, 6) is 1.01. The third kappa shape index (κ3) is 2.92. The number of aryl methyl sites for hydroxylation is 2. The highest BCUT2D eigenvalue weighted by Crippen LogP contribution is 2.32. The number of likely N-dealkylation sites (tertiary alicyclic amines) is 1. The molecule has 3 heterocycles. The fourth-order valence-electron chi connectivity index (χ4n) is 4.15. The normalized spacial score (nSPS) is 24.5. The number of urea groups is 1. The van der Waals surface area contributed by atoms with E-state index in [-0.39, 0.29) is 18.5 Å². The van der Waals surface area contributed by atoms with Gasteiger partial charge in [0.15, 0.2) is 0 Å². The molecule has 0 saturated carbocycles. The van der Waals surface area contributed by atoms with Crippen molar-refractivity contribution in [1.29, 1.82) is 0 Å². The molecule has 0 bridgehead atoms. The number of aromatic amines is 1. The van der Waals surface area contributed by atoms with E-state index in [1.54, 1.807) is 0 Å². The summed E-state index contributed by atoms with van der Waals surface area (Å²) in [5, 5.41) is 2.57. The number of imide groups is 1. The largest absolute Gasteiger partial charge is 0.344 e. The van der Waals surface area contributed by atoms with Gasteiger partial charge in [0.2, 0.25) is 5.91 Å². The average Bonchev–Trinajstić information content (AvgIpc) is 3.28. The van der Waals surface area contributed by atoms with Gasteiger partial charge in [-0.15, -0.1) is 0 Å². The molecule has 2 aliphatic heterocycles. The van der Waals surface area contributed by atoms with E-state index in [1.807, 2.05) is 0 Å². The molecule has 0 aromatic carbocycles. The highest BCUT2D eigenvalue weighted by atomic mass is 16.2. The first-order valence-electron chi connectivity index (χ1n) is 9.12. The van der Waals surface area contributed by atoms with E-state index in [0.717, 1.165) is 44.6 Å². The molecule has 3 aliphatic rings. The van der Waals surface area contributed by atoms with Gasteiger partial charge in [-0.1, -0.05) is 0 Å². The molecular weight excluding hydrogens is 306 g/mol. The number of rotatable bonds is 5. The van der Waals surface area contributed by atoms with Crippen molar-refractivity contribution in [3.63, 3.8) is 0 Å². The number of hydrogen-bond donors (Lipinski definition) is 2. The van der Waals surface area contributed by atoms with Crippen molar-refractivity contribution in [2.45, 2.75) is 51.0 Å². The van der Waals surface area contributed by atoms with E-state index >= 15 is 0 Å². The van der Waals surface area contributed by atoms with E-state index < -0.39 is 0 Å². The summed E-state index contributed by atoms with van der Waals surface area (Å²) in [4.78, 5) is 35.4. The summed E-state index contributed by atoms with van der Waals surface area (Å²) in [5.41, 5.74) is 2.60. The quantitative estimate of drug-likeness (QED) is 0.799. The highest BCUT2D eigenvalue weighted by molar-refractivity contribution is 6.01. The van der Waals surface area contributed by atoms with Gasteiger partial charge < -0.3 is 10.3 Å². The number of fused-ring (bicyclic) bond motifs is 1. The molecule has 2 N–H and O–H groups in total. The Bertz CT molecular complexity index is 601. The lowest BCUT2D eigenvalue weighted by Gasteiger charge is -2.23. The van der Waals surface area contributed by atoms with Gasteiger partial charge in [-0.2, -0.15) is 0 Å². The van der Waals surface area contributed by atoms with Crippen LogP contribution in [-0.4, -0.2) is 57.9 Å². The van der Waals surface area contributed by atoms with Crippen LogP contribution in [0.25, 0.3) is 0 Å². The first-order chi connectivity index (χ1) is 11.7. The molecule has 4 rings (SSSR count). The minimum atomic E-state index is -0.253. The van der Waals surface area contributed by atoms with Crippen LogP contribution in [0.3, 0.4) is 0 Å². The van der Waals surface area contributed by atoms with Gasteiger partial charge in [0, 0.05) is 18.8 Å². The SMILES string of the molecule is O=C1CNC(=O)N1CCCN1CCC[C@@H]1c1nc2c([nH]1)CCCC2. The van der Waals surface area contributed by atoms with Gasteiger partial charge in [-0.25, -0.2) is 9.78 Å². The molecule has 0 spiro atoms. The second-order valence-electron chi connectivity index (χ2n) is 7.01. The Morgan fingerprint density at radius 1 is 1.12 bits per heavy atom. The fraction of sp³-hybridized carbons (Fsp3) is 0.706. The zero-order valence-corrected chi connectivity index (χ0v) is 14.0. The molecule has 0 radical (unpaired) electrons. The van der Waals surface area contributed by atoms with Crippen molar-refractivity contribution in [2.75, 3.05) is 26.2 Å². The zero-order valence-electron chi connectivity index (χ0n) is 14.0. The lowest BCUT2D eigenvalue weighted by Crippen LogP contribution is -2.34. The fourth-order valence-corrected chi connectivity index (χ4v) is 4.15. The van der Waals surface area contributed by atoms with Crippen molar-refractivity contribution < 1.29 is 9.59 Å². The van der Waals surface area contributed by atoms with Crippen LogP contribution in [0.15, 0.2) is 0 Å². The Morgan fingerprint density at radius 3 is 2.79 bits per heavy atom. The summed E-state index contributed by atoms with van der Waals surface area (Å²) in [6.07, 6.45) is 7.86. The second kappa shape index (κ2) is 6.55. The standard InChI is InChI=1S/C17H25N5O2/c23-15-11-18-17(24)22(15)10-4-9-21-8-3-7-14(21)16-19-12-5-1-2-6-13(12)20-16/h14H,1-11H2,(H,18,24)(H,19,20)/t14-/m1/s1. The lowest BCUT2D eigenvalue weighted by molar-refractivity contribution is -0.125. The molecule has 7 nitrogen and oxygen atoms in total. The summed E-state index contributed by atoms with van der Waals surface area (Å²) < 4.78 is 0. The third-order valence-electron chi connectivity index (χ3n) is 5.42. The minimum Gasteiger partial charge on any atom is -0.344 e. The molecule has 1 aromatic heterocycles. The molecule has 130 valence electrons. The van der Waals surface area contributed by atoms with E-state index in [1.165, 1.54) is 35.6 Å². The Morgan fingerprint density at radius 2 is 2.00 bits per heavy atom. The summed E-state index contributed by atoms with van der Waals surface area (Å²) >= 11 is 0. The molecule has 2 fully saturated rings. The molecule has 1 atom stereocenters. The van der Waals surface area contributed by atoms with Crippen molar-refractivity contribution in [3.8, 4) is 0 Å². The highest BCUT2D eigenvalue weighted by Gasteiger charge is 2.31. The van der Waals surface area contributed by atoms with Crippen molar-refractivity contribution in [2.24, 2.45) is 0 Å². The maximum Gasteiger partial charge on any atom is 0.324 e. The van der Waals surface area contributed by atoms with Gasteiger partial charge in [0.25, 0.3) is 0 Å². The number of amides is 3. The predicted octanol–water partition coefficient (Wildman–Crippen LogP) is 1.37. The number of nitrogens with zero attached hydrogens (tertiary/aromatic N) is 3. The summed E-state index contributed by atoms with van der Waals surface area (Å²) in [7, 11) is 0. The first-order valence-corrected chi connectivity index (χ1v) is 9.12. The van der Waals surface area contributed by atoms with Crippen molar-refractivity contribution >= 4 is 11.9 Å². The van der Waals surface area contributed by atoms with Crippen LogP contribution in [0.2, 0.25) is 0 Å². The minimum absolute atomic E-state index is 0.114. The van der Waals surface area contributed by atoms with Gasteiger partial charge >= 0.3 is 6.03 Å². The predicted molar refractivity (Wildman–Crippen MR) is 88.5 cm³/mol. The first kappa shape index (κ1) is 15.6. The Balaban J connectivity index is 1.35. The summed E-state index contributed by atoms with van der Waals surface area (Å²) in [6, 6.07) is 0.107. The Labute approximate surface area is 141 Å². The van der Waals surface area contributed by atoms with Crippen LogP contribution in [0.1, 0.15) is 55.4 Å². The number of H-pyrrole nitrogens is 1. The van der Waals surface area contributed by atoms with E-state index in [0.29, 0.717) is 12.6 Å². The van der Waals surface area contributed by atoms with Crippen LogP contribution >= 0.6 is 0 Å².